The number of amidine groups is 1. The first-order valence-electron chi connectivity index (χ1n) is 6.25. The molecule has 0 saturated carbocycles. The van der Waals surface area contributed by atoms with Gasteiger partial charge in [-0.3, -0.25) is 4.79 Å². The standard InChI is InChI=1S/C16H10ClFN2O/c17-12-5-2-4-11(9-12)15-19-14(16(21)20-15)8-10-3-1-6-13(18)7-10/h1-9H,(H,19,20,21)/b14-8+. The molecule has 0 fully saturated rings. The summed E-state index contributed by atoms with van der Waals surface area (Å²) in [7, 11) is 0. The van der Waals surface area contributed by atoms with E-state index in [2.05, 4.69) is 10.3 Å². The molecule has 0 saturated heterocycles. The highest BCUT2D eigenvalue weighted by Crippen LogP contribution is 2.17. The number of benzene rings is 2. The highest BCUT2D eigenvalue weighted by Gasteiger charge is 2.21. The highest BCUT2D eigenvalue weighted by atomic mass is 35.5. The van der Waals surface area contributed by atoms with Crippen LogP contribution in [0.15, 0.2) is 59.2 Å². The van der Waals surface area contributed by atoms with Crippen molar-refractivity contribution < 1.29 is 9.18 Å². The molecule has 3 rings (SSSR count). The summed E-state index contributed by atoms with van der Waals surface area (Å²) in [5, 5.41) is 3.23. The van der Waals surface area contributed by atoms with Crippen LogP contribution in [-0.4, -0.2) is 11.7 Å². The van der Waals surface area contributed by atoms with Gasteiger partial charge in [0.1, 0.15) is 17.3 Å². The Balaban J connectivity index is 1.95. The van der Waals surface area contributed by atoms with E-state index in [0.717, 1.165) is 5.56 Å². The van der Waals surface area contributed by atoms with Gasteiger partial charge in [-0.1, -0.05) is 35.9 Å². The zero-order chi connectivity index (χ0) is 14.8. The number of aliphatic imine (C=N–C) groups is 1. The monoisotopic (exact) mass is 300 g/mol. The average molecular weight is 301 g/mol. The molecule has 2 aromatic carbocycles. The van der Waals surface area contributed by atoms with Gasteiger partial charge >= 0.3 is 0 Å². The Morgan fingerprint density at radius 1 is 1.14 bits per heavy atom. The quantitative estimate of drug-likeness (QED) is 0.849. The van der Waals surface area contributed by atoms with Crippen LogP contribution in [0.3, 0.4) is 0 Å². The lowest BCUT2D eigenvalue weighted by atomic mass is 10.2. The lowest BCUT2D eigenvalue weighted by Gasteiger charge is -2.00. The van der Waals surface area contributed by atoms with Crippen LogP contribution in [0.5, 0.6) is 0 Å². The van der Waals surface area contributed by atoms with Crippen molar-refractivity contribution >= 4 is 29.4 Å². The van der Waals surface area contributed by atoms with E-state index in [1.807, 2.05) is 0 Å². The van der Waals surface area contributed by atoms with Crippen LogP contribution in [-0.2, 0) is 4.79 Å². The first-order valence-corrected chi connectivity index (χ1v) is 6.63. The molecule has 1 aliphatic rings. The number of carbonyl (C=O) groups is 1. The third kappa shape index (κ3) is 3.01. The van der Waals surface area contributed by atoms with Crippen molar-refractivity contribution in [2.24, 2.45) is 4.99 Å². The molecule has 0 radical (unpaired) electrons. The van der Waals surface area contributed by atoms with Gasteiger partial charge in [-0.05, 0) is 35.9 Å². The van der Waals surface area contributed by atoms with Crippen molar-refractivity contribution in [2.45, 2.75) is 0 Å². The molecular formula is C16H10ClFN2O. The summed E-state index contributed by atoms with van der Waals surface area (Å²) in [5.41, 5.74) is 1.53. The van der Waals surface area contributed by atoms with Gasteiger partial charge in [0.25, 0.3) is 5.91 Å². The lowest BCUT2D eigenvalue weighted by Crippen LogP contribution is -2.24. The summed E-state index contributed by atoms with van der Waals surface area (Å²) in [6.07, 6.45) is 1.54. The van der Waals surface area contributed by atoms with Crippen molar-refractivity contribution in [3.63, 3.8) is 0 Å². The fourth-order valence-electron chi connectivity index (χ4n) is 2.00. The Bertz CT molecular complexity index is 783. The van der Waals surface area contributed by atoms with Gasteiger partial charge < -0.3 is 5.32 Å². The van der Waals surface area contributed by atoms with Crippen LogP contribution in [0, 0.1) is 5.82 Å². The first-order chi connectivity index (χ1) is 10.1. The summed E-state index contributed by atoms with van der Waals surface area (Å²) >= 11 is 5.92. The minimum atomic E-state index is -0.359. The Morgan fingerprint density at radius 3 is 2.71 bits per heavy atom. The summed E-state index contributed by atoms with van der Waals surface area (Å²) < 4.78 is 13.1. The third-order valence-electron chi connectivity index (χ3n) is 2.95. The van der Waals surface area contributed by atoms with E-state index < -0.39 is 0 Å². The van der Waals surface area contributed by atoms with Crippen LogP contribution in [0.2, 0.25) is 5.02 Å². The van der Waals surface area contributed by atoms with E-state index in [1.54, 1.807) is 36.4 Å². The van der Waals surface area contributed by atoms with Crippen LogP contribution in [0.1, 0.15) is 11.1 Å². The van der Waals surface area contributed by atoms with Crippen molar-refractivity contribution in [3.05, 3.63) is 76.2 Å². The Kier molecular flexibility index (Phi) is 3.54. The van der Waals surface area contributed by atoms with Crippen molar-refractivity contribution in [1.82, 2.24) is 5.32 Å². The summed E-state index contributed by atoms with van der Waals surface area (Å²) in [5.74, 6) is -0.249. The molecular weight excluding hydrogens is 291 g/mol. The highest BCUT2D eigenvalue weighted by molar-refractivity contribution is 6.31. The topological polar surface area (TPSA) is 41.5 Å². The molecule has 3 nitrogen and oxygen atoms in total. The van der Waals surface area contributed by atoms with Gasteiger partial charge in [-0.15, -0.1) is 0 Å². The molecule has 1 heterocycles. The molecule has 1 aliphatic heterocycles. The van der Waals surface area contributed by atoms with Crippen LogP contribution < -0.4 is 5.32 Å². The number of amides is 1. The maximum absolute atomic E-state index is 13.1. The average Bonchev–Trinajstić information content (AvgIpc) is 2.80. The zero-order valence-electron chi connectivity index (χ0n) is 10.8. The number of halogens is 2. The van der Waals surface area contributed by atoms with Gasteiger partial charge in [0.05, 0.1) is 0 Å². The second kappa shape index (κ2) is 5.50. The smallest absolute Gasteiger partial charge is 0.275 e. The van der Waals surface area contributed by atoms with E-state index >= 15 is 0 Å². The third-order valence-corrected chi connectivity index (χ3v) is 3.18. The van der Waals surface area contributed by atoms with Crippen molar-refractivity contribution in [1.29, 1.82) is 0 Å². The SMILES string of the molecule is O=C1NC(c2cccc(Cl)c2)=N/C1=C/c1cccc(F)c1. The Morgan fingerprint density at radius 2 is 1.95 bits per heavy atom. The molecule has 0 atom stereocenters. The van der Waals surface area contributed by atoms with Gasteiger partial charge in [0.2, 0.25) is 0 Å². The number of carbonyl (C=O) groups excluding carboxylic acids is 1. The predicted octanol–water partition coefficient (Wildman–Crippen LogP) is 3.40. The van der Waals surface area contributed by atoms with E-state index in [0.29, 0.717) is 16.4 Å². The molecule has 5 heteroatoms. The van der Waals surface area contributed by atoms with E-state index in [9.17, 15) is 9.18 Å². The second-order valence-corrected chi connectivity index (χ2v) is 4.95. The minimum Gasteiger partial charge on any atom is -0.305 e. The summed E-state index contributed by atoms with van der Waals surface area (Å²) in [6.45, 7) is 0. The lowest BCUT2D eigenvalue weighted by molar-refractivity contribution is -0.115. The molecule has 0 bridgehead atoms. The van der Waals surface area contributed by atoms with Crippen LogP contribution in [0.4, 0.5) is 4.39 Å². The molecule has 0 spiro atoms. The Labute approximate surface area is 125 Å². The normalized spacial score (nSPS) is 16.0. The maximum atomic E-state index is 13.1. The van der Waals surface area contributed by atoms with E-state index in [-0.39, 0.29) is 17.4 Å². The molecule has 0 aromatic heterocycles. The largest absolute Gasteiger partial charge is 0.305 e. The molecule has 21 heavy (non-hydrogen) atoms. The van der Waals surface area contributed by atoms with Gasteiger partial charge in [0.15, 0.2) is 0 Å². The number of hydrogen-bond acceptors (Lipinski definition) is 2. The number of hydrogen-bond donors (Lipinski definition) is 1. The number of nitrogens with one attached hydrogen (secondary N) is 1. The summed E-state index contributed by atoms with van der Waals surface area (Å²) in [4.78, 5) is 16.2. The molecule has 1 N–H and O–H groups in total. The van der Waals surface area contributed by atoms with Gasteiger partial charge in [-0.25, -0.2) is 9.38 Å². The maximum Gasteiger partial charge on any atom is 0.275 e. The fourth-order valence-corrected chi connectivity index (χ4v) is 2.19. The predicted molar refractivity (Wildman–Crippen MR) is 80.5 cm³/mol. The Hall–Kier alpha value is -2.46. The number of nitrogens with zero attached hydrogens (tertiary/aromatic N) is 1. The van der Waals surface area contributed by atoms with Crippen LogP contribution >= 0.6 is 11.6 Å². The van der Waals surface area contributed by atoms with Crippen LogP contribution in [0.25, 0.3) is 6.08 Å². The molecule has 0 unspecified atom stereocenters. The summed E-state index contributed by atoms with van der Waals surface area (Å²) in [6, 6.07) is 13.0. The van der Waals surface area contributed by atoms with Crippen molar-refractivity contribution in [2.75, 3.05) is 0 Å². The number of rotatable bonds is 2. The van der Waals surface area contributed by atoms with Gasteiger partial charge in [-0.2, -0.15) is 0 Å². The van der Waals surface area contributed by atoms with E-state index in [1.165, 1.54) is 18.2 Å². The molecule has 1 amide bonds. The minimum absolute atomic E-state index is 0.232. The first kappa shape index (κ1) is 13.5. The second-order valence-electron chi connectivity index (χ2n) is 4.51. The molecule has 2 aromatic rings. The molecule has 0 aliphatic carbocycles. The fraction of sp³-hybridized carbons (Fsp3) is 0. The van der Waals surface area contributed by atoms with E-state index in [4.69, 9.17) is 11.6 Å². The van der Waals surface area contributed by atoms with Gasteiger partial charge in [0, 0.05) is 10.6 Å². The molecule has 104 valence electrons. The van der Waals surface area contributed by atoms with Crippen molar-refractivity contribution in [3.8, 4) is 0 Å². The zero-order valence-corrected chi connectivity index (χ0v) is 11.6.